The molecule has 0 fully saturated rings. The largest absolute Gasteiger partial charge is 0.276 e. The summed E-state index contributed by atoms with van der Waals surface area (Å²) in [5.74, 6) is -0.753. The van der Waals surface area contributed by atoms with Crippen molar-refractivity contribution in [3.63, 3.8) is 0 Å². The summed E-state index contributed by atoms with van der Waals surface area (Å²) in [6.07, 6.45) is 3.97. The van der Waals surface area contributed by atoms with E-state index in [-0.39, 0.29) is 11.4 Å². The van der Waals surface area contributed by atoms with Crippen molar-refractivity contribution in [2.24, 2.45) is 7.05 Å². The monoisotopic (exact) mass is 283 g/mol. The van der Waals surface area contributed by atoms with Crippen molar-refractivity contribution in [3.05, 3.63) is 48.0 Å². The Morgan fingerprint density at radius 3 is 2.74 bits per heavy atom. The molecule has 1 aromatic heterocycles. The topological polar surface area (TPSA) is 64.0 Å². The number of aromatic nitrogens is 2. The number of benzene rings is 1. The molecule has 1 heterocycles. The van der Waals surface area contributed by atoms with Crippen molar-refractivity contribution < 1.29 is 12.8 Å². The normalized spacial score (nSPS) is 11.7. The first kappa shape index (κ1) is 13.7. The third-order valence-corrected chi connectivity index (χ3v) is 4.08. The molecular weight excluding hydrogens is 269 g/mol. The molecule has 0 radical (unpaired) electrons. The highest BCUT2D eigenvalue weighted by Crippen LogP contribution is 2.12. The molecule has 1 aromatic carbocycles. The molecule has 7 heteroatoms. The van der Waals surface area contributed by atoms with Gasteiger partial charge in [-0.1, -0.05) is 12.1 Å². The van der Waals surface area contributed by atoms with Gasteiger partial charge in [-0.05, 0) is 24.1 Å². The van der Waals surface area contributed by atoms with E-state index >= 15 is 0 Å². The fourth-order valence-electron chi connectivity index (χ4n) is 1.67. The van der Waals surface area contributed by atoms with E-state index in [9.17, 15) is 12.8 Å². The number of aryl methyl sites for hydroxylation is 1. The molecule has 0 amide bonds. The Bertz CT molecular complexity index is 667. The van der Waals surface area contributed by atoms with E-state index in [0.717, 1.165) is 11.6 Å². The minimum atomic E-state index is -3.81. The second kappa shape index (κ2) is 5.50. The van der Waals surface area contributed by atoms with Gasteiger partial charge in [0, 0.05) is 19.8 Å². The van der Waals surface area contributed by atoms with Crippen LogP contribution in [0.2, 0.25) is 0 Å². The molecule has 102 valence electrons. The van der Waals surface area contributed by atoms with Gasteiger partial charge in [-0.15, -0.1) is 0 Å². The van der Waals surface area contributed by atoms with Gasteiger partial charge in [0.1, 0.15) is 10.7 Å². The van der Waals surface area contributed by atoms with E-state index in [2.05, 4.69) is 9.82 Å². The lowest BCUT2D eigenvalue weighted by Crippen LogP contribution is -2.26. The molecule has 0 unspecified atom stereocenters. The van der Waals surface area contributed by atoms with Crippen LogP contribution in [0.5, 0.6) is 0 Å². The lowest BCUT2D eigenvalue weighted by molar-refractivity contribution is 0.557. The zero-order valence-electron chi connectivity index (χ0n) is 10.4. The molecule has 5 nitrogen and oxygen atoms in total. The first-order valence-corrected chi connectivity index (χ1v) is 7.19. The lowest BCUT2D eigenvalue weighted by atomic mass is 10.3. The van der Waals surface area contributed by atoms with Crippen LogP contribution in [-0.4, -0.2) is 24.7 Å². The van der Waals surface area contributed by atoms with E-state index in [1.165, 1.54) is 18.2 Å². The predicted octanol–water partition coefficient (Wildman–Crippen LogP) is 1.08. The minimum absolute atomic E-state index is 0.197. The Morgan fingerprint density at radius 2 is 2.11 bits per heavy atom. The summed E-state index contributed by atoms with van der Waals surface area (Å²) in [5.41, 5.74) is 0.915. The molecule has 0 atom stereocenters. The molecule has 2 rings (SSSR count). The maximum atomic E-state index is 13.4. The summed E-state index contributed by atoms with van der Waals surface area (Å²) in [5, 5.41) is 3.98. The molecular formula is C12H14FN3O2S. The van der Waals surface area contributed by atoms with Gasteiger partial charge in [0.15, 0.2) is 0 Å². The van der Waals surface area contributed by atoms with Gasteiger partial charge in [-0.2, -0.15) is 5.10 Å². The molecule has 0 aliphatic rings. The second-order valence-electron chi connectivity index (χ2n) is 4.10. The molecule has 0 aliphatic carbocycles. The molecule has 0 saturated carbocycles. The summed E-state index contributed by atoms with van der Waals surface area (Å²) in [4.78, 5) is -0.332. The third-order valence-electron chi connectivity index (χ3n) is 2.59. The highest BCUT2D eigenvalue weighted by atomic mass is 32.2. The number of rotatable bonds is 5. The first-order chi connectivity index (χ1) is 8.99. The van der Waals surface area contributed by atoms with Crippen LogP contribution in [0.4, 0.5) is 4.39 Å². The van der Waals surface area contributed by atoms with E-state index in [4.69, 9.17) is 0 Å². The van der Waals surface area contributed by atoms with Gasteiger partial charge < -0.3 is 0 Å². The predicted molar refractivity (Wildman–Crippen MR) is 68.5 cm³/mol. The van der Waals surface area contributed by atoms with Gasteiger partial charge >= 0.3 is 0 Å². The van der Waals surface area contributed by atoms with Crippen LogP contribution in [0.3, 0.4) is 0 Å². The van der Waals surface area contributed by atoms with Gasteiger partial charge in [0.2, 0.25) is 10.0 Å². The summed E-state index contributed by atoms with van der Waals surface area (Å²) in [6, 6.07) is 5.29. The molecule has 2 aromatic rings. The zero-order chi connectivity index (χ0) is 13.9. The van der Waals surface area contributed by atoms with Crippen molar-refractivity contribution in [3.8, 4) is 0 Å². The fourth-order valence-corrected chi connectivity index (χ4v) is 2.78. The van der Waals surface area contributed by atoms with Crippen LogP contribution < -0.4 is 4.72 Å². The van der Waals surface area contributed by atoms with E-state index < -0.39 is 15.8 Å². The molecule has 0 spiro atoms. The quantitative estimate of drug-likeness (QED) is 0.893. The van der Waals surface area contributed by atoms with Crippen molar-refractivity contribution in [1.82, 2.24) is 14.5 Å². The smallest absolute Gasteiger partial charge is 0.243 e. The van der Waals surface area contributed by atoms with E-state index in [0.29, 0.717) is 6.42 Å². The summed E-state index contributed by atoms with van der Waals surface area (Å²) in [7, 11) is -2.02. The number of sulfonamides is 1. The minimum Gasteiger partial charge on any atom is -0.276 e. The summed E-state index contributed by atoms with van der Waals surface area (Å²) in [6.45, 7) is 0.197. The Kier molecular flexibility index (Phi) is 3.96. The Morgan fingerprint density at radius 1 is 1.37 bits per heavy atom. The molecule has 0 aliphatic heterocycles. The molecule has 0 saturated heterocycles. The molecule has 19 heavy (non-hydrogen) atoms. The summed E-state index contributed by atoms with van der Waals surface area (Å²) >= 11 is 0. The maximum absolute atomic E-state index is 13.4. The Hall–Kier alpha value is -1.73. The number of halogens is 1. The van der Waals surface area contributed by atoms with Gasteiger partial charge in [-0.25, -0.2) is 17.5 Å². The summed E-state index contributed by atoms with van der Waals surface area (Å²) < 4.78 is 41.2. The average molecular weight is 283 g/mol. The fraction of sp³-hybridized carbons (Fsp3) is 0.250. The van der Waals surface area contributed by atoms with Crippen molar-refractivity contribution in [2.45, 2.75) is 11.3 Å². The zero-order valence-corrected chi connectivity index (χ0v) is 11.2. The Labute approximate surface area is 111 Å². The lowest BCUT2D eigenvalue weighted by Gasteiger charge is -2.06. The number of nitrogens with one attached hydrogen (secondary N) is 1. The van der Waals surface area contributed by atoms with E-state index in [1.807, 2.05) is 0 Å². The highest BCUT2D eigenvalue weighted by Gasteiger charge is 2.17. The molecule has 0 bridgehead atoms. The third kappa shape index (κ3) is 3.39. The van der Waals surface area contributed by atoms with Gasteiger partial charge in [0.05, 0.1) is 6.20 Å². The van der Waals surface area contributed by atoms with Crippen LogP contribution in [-0.2, 0) is 23.5 Å². The van der Waals surface area contributed by atoms with E-state index in [1.54, 1.807) is 24.1 Å². The number of hydrogen-bond donors (Lipinski definition) is 1. The second-order valence-corrected chi connectivity index (χ2v) is 5.84. The Balaban J connectivity index is 2.01. The SMILES string of the molecule is Cn1cc(CCNS(=O)(=O)c2ccccc2F)cn1. The number of hydrogen-bond acceptors (Lipinski definition) is 3. The van der Waals surface area contributed by atoms with Gasteiger partial charge in [-0.3, -0.25) is 4.68 Å². The van der Waals surface area contributed by atoms with Crippen molar-refractivity contribution >= 4 is 10.0 Å². The van der Waals surface area contributed by atoms with Crippen molar-refractivity contribution in [1.29, 1.82) is 0 Å². The standard InChI is InChI=1S/C12H14FN3O2S/c1-16-9-10(8-14-16)6-7-15-19(17,18)12-5-3-2-4-11(12)13/h2-5,8-9,15H,6-7H2,1H3. The van der Waals surface area contributed by atoms with Crippen LogP contribution in [0.15, 0.2) is 41.6 Å². The van der Waals surface area contributed by atoms with Gasteiger partial charge in [0.25, 0.3) is 0 Å². The molecule has 1 N–H and O–H groups in total. The average Bonchev–Trinajstić information content (AvgIpc) is 2.75. The van der Waals surface area contributed by atoms with Crippen LogP contribution in [0.1, 0.15) is 5.56 Å². The van der Waals surface area contributed by atoms with Crippen LogP contribution in [0.25, 0.3) is 0 Å². The van der Waals surface area contributed by atoms with Crippen LogP contribution in [0, 0.1) is 5.82 Å². The maximum Gasteiger partial charge on any atom is 0.243 e. The van der Waals surface area contributed by atoms with Crippen molar-refractivity contribution in [2.75, 3.05) is 6.54 Å². The van der Waals surface area contributed by atoms with Crippen LogP contribution >= 0.6 is 0 Å². The number of nitrogens with zero attached hydrogens (tertiary/aromatic N) is 2. The first-order valence-electron chi connectivity index (χ1n) is 5.71. The highest BCUT2D eigenvalue weighted by molar-refractivity contribution is 7.89.